The topological polar surface area (TPSA) is 133 Å². The molecule has 0 bridgehead atoms. The number of benzene rings is 2. The fourth-order valence-electron chi connectivity index (χ4n) is 3.25. The Labute approximate surface area is 187 Å². The van der Waals surface area contributed by atoms with Gasteiger partial charge in [-0.05, 0) is 30.3 Å². The molecule has 8 nitrogen and oxygen atoms in total. The van der Waals surface area contributed by atoms with Crippen molar-refractivity contribution in [3.8, 4) is 0 Å². The van der Waals surface area contributed by atoms with Gasteiger partial charge in [-0.2, -0.15) is 0 Å². The van der Waals surface area contributed by atoms with Crippen molar-refractivity contribution in [2.45, 2.75) is 28.6 Å². The highest BCUT2D eigenvalue weighted by atomic mass is 35.5. The molecule has 0 heterocycles. The van der Waals surface area contributed by atoms with Crippen LogP contribution in [0.1, 0.15) is 23.2 Å². The number of nitrogens with one attached hydrogen (secondary N) is 2. The van der Waals surface area contributed by atoms with Gasteiger partial charge in [0.2, 0.25) is 0 Å². The van der Waals surface area contributed by atoms with E-state index in [1.54, 1.807) is 0 Å². The maximum atomic E-state index is 13.3. The molecule has 1 aliphatic rings. The second-order valence-corrected chi connectivity index (χ2v) is 9.92. The van der Waals surface area contributed by atoms with E-state index in [4.69, 9.17) is 16.7 Å². The van der Waals surface area contributed by atoms with Crippen molar-refractivity contribution in [1.29, 1.82) is 0 Å². The molecule has 2 aromatic rings. The van der Waals surface area contributed by atoms with Gasteiger partial charge in [-0.15, -0.1) is 0 Å². The normalized spacial score (nSPS) is 20.3. The molecule has 1 fully saturated rings. The van der Waals surface area contributed by atoms with Gasteiger partial charge in [-0.3, -0.25) is 9.59 Å². The number of rotatable bonds is 7. The lowest BCUT2D eigenvalue weighted by Crippen LogP contribution is -2.59. The Balaban J connectivity index is 1.78. The van der Waals surface area contributed by atoms with Gasteiger partial charge in [0.1, 0.15) is 5.60 Å². The molecular weight excluding hydrogens is 470 g/mol. The molecule has 0 saturated heterocycles. The SMILES string of the molecule is O=C(Nc1ccc(F)c(F)c1)c1ccc(Cl)c(S(=O)(=O)C2CC(O)(C(=O)NCCO)C2)c1. The molecule has 12 heteroatoms. The number of hydrogen-bond acceptors (Lipinski definition) is 6. The third kappa shape index (κ3) is 4.75. The Kier molecular flexibility index (Phi) is 6.84. The fourth-order valence-corrected chi connectivity index (χ4v) is 5.67. The minimum atomic E-state index is -4.11. The van der Waals surface area contributed by atoms with Crippen LogP contribution in [0.15, 0.2) is 41.3 Å². The predicted molar refractivity (Wildman–Crippen MR) is 111 cm³/mol. The molecule has 32 heavy (non-hydrogen) atoms. The summed E-state index contributed by atoms with van der Waals surface area (Å²) in [5, 5.41) is 22.4. The van der Waals surface area contributed by atoms with E-state index in [0.717, 1.165) is 24.3 Å². The molecule has 0 aromatic heterocycles. The number of carbonyl (C=O) groups is 2. The first-order valence-electron chi connectivity index (χ1n) is 9.39. The molecule has 0 aliphatic heterocycles. The highest BCUT2D eigenvalue weighted by Gasteiger charge is 2.54. The van der Waals surface area contributed by atoms with E-state index >= 15 is 0 Å². The Bertz CT molecular complexity index is 1170. The summed E-state index contributed by atoms with van der Waals surface area (Å²) in [5.41, 5.74) is -2.03. The minimum absolute atomic E-state index is 0.0359. The fraction of sp³-hybridized carbons (Fsp3) is 0.300. The van der Waals surface area contributed by atoms with Crippen LogP contribution in [0.2, 0.25) is 5.02 Å². The number of halogens is 3. The number of hydrogen-bond donors (Lipinski definition) is 4. The molecule has 2 amide bonds. The zero-order valence-corrected chi connectivity index (χ0v) is 18.0. The highest BCUT2D eigenvalue weighted by molar-refractivity contribution is 7.92. The Morgan fingerprint density at radius 1 is 1.12 bits per heavy atom. The highest BCUT2D eigenvalue weighted by Crippen LogP contribution is 2.41. The molecule has 4 N–H and O–H groups in total. The van der Waals surface area contributed by atoms with Crippen LogP contribution in [0.3, 0.4) is 0 Å². The monoisotopic (exact) mass is 488 g/mol. The van der Waals surface area contributed by atoms with Crippen molar-refractivity contribution in [3.05, 3.63) is 58.6 Å². The lowest BCUT2D eigenvalue weighted by atomic mass is 9.79. The second-order valence-electron chi connectivity index (χ2n) is 7.31. The number of anilines is 1. The van der Waals surface area contributed by atoms with Crippen molar-refractivity contribution < 1.29 is 37.0 Å². The minimum Gasteiger partial charge on any atom is -0.395 e. The van der Waals surface area contributed by atoms with E-state index in [1.165, 1.54) is 12.1 Å². The van der Waals surface area contributed by atoms with Crippen LogP contribution in [0.5, 0.6) is 0 Å². The van der Waals surface area contributed by atoms with Crippen LogP contribution < -0.4 is 10.6 Å². The quantitative estimate of drug-likeness (QED) is 0.468. The summed E-state index contributed by atoms with van der Waals surface area (Å²) < 4.78 is 52.4. The molecule has 172 valence electrons. The lowest BCUT2D eigenvalue weighted by molar-refractivity contribution is -0.148. The van der Waals surface area contributed by atoms with Gasteiger partial charge < -0.3 is 20.8 Å². The van der Waals surface area contributed by atoms with Gasteiger partial charge in [-0.1, -0.05) is 11.6 Å². The van der Waals surface area contributed by atoms with Crippen molar-refractivity contribution in [1.82, 2.24) is 5.32 Å². The predicted octanol–water partition coefficient (Wildman–Crippen LogP) is 1.65. The van der Waals surface area contributed by atoms with Crippen LogP contribution in [0.4, 0.5) is 14.5 Å². The van der Waals surface area contributed by atoms with Gasteiger partial charge >= 0.3 is 0 Å². The Morgan fingerprint density at radius 2 is 1.81 bits per heavy atom. The van der Waals surface area contributed by atoms with Crippen LogP contribution in [0, 0.1) is 11.6 Å². The first-order chi connectivity index (χ1) is 15.0. The summed E-state index contributed by atoms with van der Waals surface area (Å²) in [7, 11) is -4.11. The molecular formula is C20H19ClF2N2O6S. The molecule has 0 spiro atoms. The molecule has 1 saturated carbocycles. The maximum Gasteiger partial charge on any atom is 0.255 e. The summed E-state index contributed by atoms with van der Waals surface area (Å²) in [6, 6.07) is 6.25. The number of carbonyl (C=O) groups excluding carboxylic acids is 2. The number of sulfone groups is 1. The van der Waals surface area contributed by atoms with E-state index in [-0.39, 0.29) is 47.2 Å². The van der Waals surface area contributed by atoms with Crippen LogP contribution in [0.25, 0.3) is 0 Å². The third-order valence-corrected chi connectivity index (χ3v) is 7.67. The van der Waals surface area contributed by atoms with E-state index in [0.29, 0.717) is 0 Å². The maximum absolute atomic E-state index is 13.3. The second kappa shape index (κ2) is 9.10. The summed E-state index contributed by atoms with van der Waals surface area (Å²) in [4.78, 5) is 24.1. The molecule has 0 unspecified atom stereocenters. The number of amides is 2. The Hall–Kier alpha value is -2.60. The van der Waals surface area contributed by atoms with Gasteiger partial charge in [0.25, 0.3) is 11.8 Å². The van der Waals surface area contributed by atoms with Gasteiger partial charge in [0.05, 0.1) is 21.8 Å². The summed E-state index contributed by atoms with van der Waals surface area (Å²) in [6.45, 7) is -0.419. The molecule has 0 radical (unpaired) electrons. The first kappa shape index (κ1) is 24.1. The molecule has 0 atom stereocenters. The molecule has 2 aromatic carbocycles. The van der Waals surface area contributed by atoms with Gasteiger partial charge in [-0.25, -0.2) is 17.2 Å². The summed E-state index contributed by atoms with van der Waals surface area (Å²) >= 11 is 6.04. The number of aliphatic hydroxyl groups is 2. The zero-order chi connectivity index (χ0) is 23.7. The summed E-state index contributed by atoms with van der Waals surface area (Å²) in [6.07, 6.45) is -0.761. The van der Waals surface area contributed by atoms with Crippen molar-refractivity contribution in [2.75, 3.05) is 18.5 Å². The number of aliphatic hydroxyl groups excluding tert-OH is 1. The average molecular weight is 489 g/mol. The first-order valence-corrected chi connectivity index (χ1v) is 11.3. The largest absolute Gasteiger partial charge is 0.395 e. The standard InChI is InChI=1S/C20H19ClF2N2O6S/c21-14-3-1-11(18(27)25-12-2-4-15(22)16(23)8-12)7-17(14)32(30,31)13-9-20(29,10-13)19(28)24-5-6-26/h1-4,7-8,13,26,29H,5-6,9-10H2,(H,24,28)(H,25,27). The zero-order valence-electron chi connectivity index (χ0n) is 16.4. The van der Waals surface area contributed by atoms with Crippen LogP contribution >= 0.6 is 11.6 Å². The van der Waals surface area contributed by atoms with Crippen molar-refractivity contribution in [3.63, 3.8) is 0 Å². The van der Waals surface area contributed by atoms with Crippen molar-refractivity contribution >= 4 is 38.9 Å². The van der Waals surface area contributed by atoms with Crippen LogP contribution in [-0.2, 0) is 14.6 Å². The van der Waals surface area contributed by atoms with E-state index < -0.39 is 44.1 Å². The smallest absolute Gasteiger partial charge is 0.255 e. The van der Waals surface area contributed by atoms with E-state index in [1.807, 2.05) is 0 Å². The molecule has 1 aliphatic carbocycles. The Morgan fingerprint density at radius 3 is 2.44 bits per heavy atom. The van der Waals surface area contributed by atoms with Crippen LogP contribution in [-0.4, -0.2) is 54.4 Å². The summed E-state index contributed by atoms with van der Waals surface area (Å²) in [5.74, 6) is -3.82. The molecule has 3 rings (SSSR count). The van der Waals surface area contributed by atoms with Gasteiger partial charge in [0.15, 0.2) is 21.5 Å². The van der Waals surface area contributed by atoms with E-state index in [2.05, 4.69) is 10.6 Å². The van der Waals surface area contributed by atoms with Crippen molar-refractivity contribution in [2.24, 2.45) is 0 Å². The van der Waals surface area contributed by atoms with Gasteiger partial charge in [0, 0.05) is 36.7 Å². The van der Waals surface area contributed by atoms with E-state index in [9.17, 15) is 31.9 Å². The average Bonchev–Trinajstić information content (AvgIpc) is 2.72. The third-order valence-electron chi connectivity index (χ3n) is 5.07. The lowest BCUT2D eigenvalue weighted by Gasteiger charge is -2.41.